The van der Waals surface area contributed by atoms with Gasteiger partial charge in [-0.2, -0.15) is 0 Å². The van der Waals surface area contributed by atoms with E-state index in [9.17, 15) is 5.11 Å². The highest BCUT2D eigenvalue weighted by molar-refractivity contribution is 6.96. The maximum absolute atomic E-state index is 13.1. The second kappa shape index (κ2) is 22.8. The number of aromatic hydroxyl groups is 1. The maximum Gasteiger partial charge on any atom is 0.242 e. The summed E-state index contributed by atoms with van der Waals surface area (Å²) in [5.74, 6) is 1.76. The van der Waals surface area contributed by atoms with Crippen LogP contribution in [0.1, 0.15) is 139 Å². The third-order valence-electron chi connectivity index (χ3n) is 18.6. The first-order valence-electron chi connectivity index (χ1n) is 32.1. The Morgan fingerprint density at radius 2 is 0.811 bits per heavy atom. The molecule has 12 rings (SSSR count). The van der Waals surface area contributed by atoms with E-state index < -0.39 is 0 Å². The molecule has 0 unspecified atom stereocenters. The Kier molecular flexibility index (Phi) is 15.5. The van der Waals surface area contributed by atoms with E-state index in [2.05, 4.69) is 328 Å². The first-order valence-corrected chi connectivity index (χ1v) is 32.1. The summed E-state index contributed by atoms with van der Waals surface area (Å²) in [5.41, 5.74) is 28.8. The molecule has 0 atom stereocenters. The van der Waals surface area contributed by atoms with Crippen LogP contribution in [0.3, 0.4) is 0 Å². The summed E-state index contributed by atoms with van der Waals surface area (Å²) < 4.78 is 4.74. The lowest BCUT2D eigenvalue weighted by atomic mass is 9.34. The van der Waals surface area contributed by atoms with Crippen LogP contribution in [0, 0.1) is 41.5 Å². The average Bonchev–Trinajstić information content (AvgIpc) is 1.41. The molecule has 5 nitrogen and oxygen atoms in total. The van der Waals surface area contributed by atoms with Gasteiger partial charge in [-0.1, -0.05) is 272 Å². The number of phenols is 1. The number of rotatable bonds is 10. The Bertz CT molecular complexity index is 4660. The van der Waals surface area contributed by atoms with Gasteiger partial charge in [0.1, 0.15) is 17.4 Å². The molecule has 0 spiro atoms. The van der Waals surface area contributed by atoms with E-state index in [1.807, 2.05) is 0 Å². The van der Waals surface area contributed by atoms with Gasteiger partial charge in [0.05, 0.1) is 39.0 Å². The van der Waals surface area contributed by atoms with Crippen LogP contribution in [0.2, 0.25) is 0 Å². The Morgan fingerprint density at radius 1 is 0.356 bits per heavy atom. The molecule has 1 N–H and O–H groups in total. The second-order valence-corrected chi connectivity index (χ2v) is 29.7. The highest BCUT2D eigenvalue weighted by atomic mass is 16.3. The molecule has 10 aromatic carbocycles. The molecule has 0 aliphatic carbocycles. The number of para-hydroxylation sites is 3. The number of benzene rings is 10. The van der Waals surface area contributed by atoms with E-state index in [0.717, 1.165) is 94.8 Å². The molecule has 0 amide bonds. The summed E-state index contributed by atoms with van der Waals surface area (Å²) in [5, 5.41) is 13.1. The quantitative estimate of drug-likeness (QED) is 0.139. The van der Waals surface area contributed by atoms with Crippen LogP contribution >= 0.6 is 0 Å². The van der Waals surface area contributed by atoms with Crippen molar-refractivity contribution < 1.29 is 5.11 Å². The van der Waals surface area contributed by atoms with Gasteiger partial charge in [0.2, 0.25) is 6.71 Å². The van der Waals surface area contributed by atoms with Gasteiger partial charge in [-0.15, -0.1) is 0 Å². The predicted octanol–water partition coefficient (Wildman–Crippen LogP) is 20.0. The minimum Gasteiger partial charge on any atom is -0.507 e. The molecule has 90 heavy (non-hydrogen) atoms. The molecular weight excluding hydrogens is 1090 g/mol. The lowest BCUT2D eigenvalue weighted by Crippen LogP contribution is -2.56. The fraction of sp³-hybridized carbons (Fsp3) is 0.262. The zero-order valence-corrected chi connectivity index (χ0v) is 56.3. The van der Waals surface area contributed by atoms with Crippen molar-refractivity contribution >= 4 is 45.2 Å². The monoisotopic (exact) mass is 1180 g/mol. The molecule has 0 aliphatic rings. The van der Waals surface area contributed by atoms with Crippen molar-refractivity contribution in [2.45, 2.75) is 146 Å². The summed E-state index contributed by atoms with van der Waals surface area (Å²) in [7, 11) is 0. The van der Waals surface area contributed by atoms with Crippen LogP contribution in [-0.2, 0) is 21.7 Å². The third-order valence-corrected chi connectivity index (χ3v) is 18.6. The van der Waals surface area contributed by atoms with Crippen molar-refractivity contribution in [2.24, 2.45) is 0 Å². The summed E-state index contributed by atoms with van der Waals surface area (Å²) in [4.78, 5) is 11.7. The van der Waals surface area contributed by atoms with Crippen LogP contribution in [0.5, 0.6) is 5.75 Å². The van der Waals surface area contributed by atoms with E-state index in [4.69, 9.17) is 9.97 Å². The van der Waals surface area contributed by atoms with Gasteiger partial charge >= 0.3 is 0 Å². The SMILES string of the molecule is Cc1cc(C)c(B(c2cc(-c3cccc4c3nc(-c3cc(C(C)(C)C)cc(C(C)(C)C)c3O)n4-c3ccc(C(C)(C)C)cc3-c3ccccc3)cc(-c3nc4ccccc4n3-c3ccc(C(C)(C)C)cc3-c3ccccc3)c2)c2c(C)cc(C)cc2C)c(C)c1. The number of nitrogens with zero attached hydrogens (tertiary/aromatic N) is 4. The van der Waals surface area contributed by atoms with Gasteiger partial charge < -0.3 is 5.11 Å². The highest BCUT2D eigenvalue weighted by Crippen LogP contribution is 2.47. The van der Waals surface area contributed by atoms with Crippen molar-refractivity contribution in [3.05, 3.63) is 250 Å². The van der Waals surface area contributed by atoms with Gasteiger partial charge in [-0.05, 0) is 151 Å². The standard InChI is InChI=1S/C84H87BN4O/c1-51-40-53(3)75(54(4)41-51)85(76-55(5)42-52(2)43-56(76)6)64-45-59(44-60(46-64)79-86-70-33-25-26-34-73(70)88(79)71-38-36-61(81(7,8)9)47-66(71)57-28-21-19-22-29-57)65-32-27-35-74-77(65)87-80(68-49-63(83(13,14)15)50-69(78(68)90)84(16,17)18)89(74)72-39-37-62(82(10,11)12)48-67(72)58-30-23-20-24-31-58/h19-50,90H,1-18H3. The number of hydrogen-bond acceptors (Lipinski definition) is 3. The van der Waals surface area contributed by atoms with Crippen molar-refractivity contribution in [3.8, 4) is 73.3 Å². The summed E-state index contributed by atoms with van der Waals surface area (Å²) in [6.07, 6.45) is 0. The van der Waals surface area contributed by atoms with Gasteiger partial charge in [-0.25, -0.2) is 9.97 Å². The fourth-order valence-corrected chi connectivity index (χ4v) is 14.0. The third kappa shape index (κ3) is 11.3. The molecule has 0 saturated carbocycles. The number of hydrogen-bond donors (Lipinski definition) is 1. The van der Waals surface area contributed by atoms with E-state index in [1.54, 1.807) is 0 Å². The van der Waals surface area contributed by atoms with Crippen LogP contribution in [-0.4, -0.2) is 30.9 Å². The van der Waals surface area contributed by atoms with Crippen LogP contribution in [0.25, 0.3) is 89.6 Å². The number of imidazole rings is 2. The zero-order valence-electron chi connectivity index (χ0n) is 56.3. The van der Waals surface area contributed by atoms with Crippen molar-refractivity contribution in [2.75, 3.05) is 0 Å². The first kappa shape index (κ1) is 61.3. The molecule has 2 heterocycles. The van der Waals surface area contributed by atoms with Crippen LogP contribution in [0.4, 0.5) is 0 Å². The highest BCUT2D eigenvalue weighted by Gasteiger charge is 2.33. The summed E-state index contributed by atoms with van der Waals surface area (Å²) in [6, 6.07) is 71.8. The van der Waals surface area contributed by atoms with Crippen molar-refractivity contribution in [1.82, 2.24) is 19.1 Å². The van der Waals surface area contributed by atoms with Gasteiger partial charge in [0.25, 0.3) is 0 Å². The Morgan fingerprint density at radius 3 is 1.31 bits per heavy atom. The average molecular weight is 1180 g/mol. The van der Waals surface area contributed by atoms with E-state index in [1.165, 1.54) is 55.4 Å². The smallest absolute Gasteiger partial charge is 0.242 e. The molecule has 12 aromatic rings. The molecule has 0 bridgehead atoms. The van der Waals surface area contributed by atoms with E-state index in [0.29, 0.717) is 11.4 Å². The van der Waals surface area contributed by atoms with E-state index >= 15 is 0 Å². The lowest BCUT2D eigenvalue weighted by Gasteiger charge is -2.28. The largest absolute Gasteiger partial charge is 0.507 e. The zero-order chi connectivity index (χ0) is 64.1. The fourth-order valence-electron chi connectivity index (χ4n) is 14.0. The molecular formula is C84H87BN4O. The normalized spacial score (nSPS) is 12.4. The van der Waals surface area contributed by atoms with Crippen LogP contribution in [0.15, 0.2) is 194 Å². The van der Waals surface area contributed by atoms with Gasteiger partial charge in [0, 0.05) is 27.8 Å². The molecule has 0 saturated heterocycles. The molecule has 6 heteroatoms. The first-order chi connectivity index (χ1) is 42.5. The summed E-state index contributed by atoms with van der Waals surface area (Å²) in [6.45, 7) is 40.5. The van der Waals surface area contributed by atoms with E-state index in [-0.39, 0.29) is 34.1 Å². The Balaban J connectivity index is 1.24. The van der Waals surface area contributed by atoms with Crippen molar-refractivity contribution in [3.63, 3.8) is 0 Å². The second-order valence-electron chi connectivity index (χ2n) is 29.7. The number of aromatic nitrogens is 4. The molecule has 2 aromatic heterocycles. The molecule has 0 fully saturated rings. The van der Waals surface area contributed by atoms with Crippen molar-refractivity contribution in [1.29, 1.82) is 0 Å². The maximum atomic E-state index is 13.1. The lowest BCUT2D eigenvalue weighted by molar-refractivity contribution is 0.446. The topological polar surface area (TPSA) is 55.9 Å². The van der Waals surface area contributed by atoms with Crippen LogP contribution < -0.4 is 16.4 Å². The minimum absolute atomic E-state index is 0.0888. The van der Waals surface area contributed by atoms with Gasteiger partial charge in [-0.3, -0.25) is 9.13 Å². The van der Waals surface area contributed by atoms with Gasteiger partial charge in [0.15, 0.2) is 0 Å². The number of phenolic OH excluding ortho intramolecular Hbond substituents is 1. The molecule has 452 valence electrons. The Labute approximate surface area is 535 Å². The number of aryl methyl sites for hydroxylation is 6. The number of fused-ring (bicyclic) bond motifs is 2. The predicted molar refractivity (Wildman–Crippen MR) is 385 cm³/mol. The Hall–Kier alpha value is -9.00. The molecule has 0 aliphatic heterocycles. The summed E-state index contributed by atoms with van der Waals surface area (Å²) >= 11 is 0. The molecule has 0 radical (unpaired) electrons. The minimum atomic E-state index is -0.381.